The summed E-state index contributed by atoms with van der Waals surface area (Å²) in [6, 6.07) is 45.8. The van der Waals surface area contributed by atoms with Crippen LogP contribution >= 0.6 is 0 Å². The SMILES string of the molecule is C#Cc1ccc(C(c2ccc(C#C)cc2)(c2ccc(C#C)cc2)c2ccc(C(C=N[C@H]3CC(OC(=O)c4ccc(C)cc4)[C@@H](COC(=O)c4ccc(C)cc4)O3)=NN)cc2)cc1. The highest BCUT2D eigenvalue weighted by atomic mass is 16.6. The molecule has 6 aromatic carbocycles. The molecule has 1 aliphatic rings. The molecule has 0 radical (unpaired) electrons. The smallest absolute Gasteiger partial charge is 0.338 e. The molecule has 304 valence electrons. The first-order chi connectivity index (χ1) is 30.1. The molecule has 1 saturated heterocycles. The van der Waals surface area contributed by atoms with E-state index in [1.165, 1.54) is 6.21 Å². The zero-order valence-electron chi connectivity index (χ0n) is 34.3. The van der Waals surface area contributed by atoms with Crippen molar-refractivity contribution in [3.63, 3.8) is 0 Å². The topological polar surface area (TPSA) is 113 Å². The van der Waals surface area contributed by atoms with Gasteiger partial charge in [-0.15, -0.1) is 19.3 Å². The van der Waals surface area contributed by atoms with Crippen LogP contribution in [0.15, 0.2) is 156 Å². The van der Waals surface area contributed by atoms with Crippen molar-refractivity contribution in [2.45, 2.75) is 44.1 Å². The Hall–Kier alpha value is -7.96. The van der Waals surface area contributed by atoms with E-state index in [0.29, 0.717) is 22.4 Å². The fourth-order valence-corrected chi connectivity index (χ4v) is 7.56. The lowest BCUT2D eigenvalue weighted by atomic mass is 9.64. The highest BCUT2D eigenvalue weighted by Crippen LogP contribution is 2.45. The van der Waals surface area contributed by atoms with Crippen molar-refractivity contribution < 1.29 is 23.8 Å². The van der Waals surface area contributed by atoms with Gasteiger partial charge in [-0.2, -0.15) is 5.10 Å². The molecule has 0 bridgehead atoms. The first-order valence-electron chi connectivity index (χ1n) is 20.0. The van der Waals surface area contributed by atoms with Gasteiger partial charge in [-0.3, -0.25) is 4.99 Å². The number of aryl methyl sites for hydroxylation is 2. The van der Waals surface area contributed by atoms with Crippen LogP contribution in [0.5, 0.6) is 0 Å². The van der Waals surface area contributed by atoms with Gasteiger partial charge in [0.25, 0.3) is 0 Å². The van der Waals surface area contributed by atoms with E-state index in [1.807, 2.05) is 135 Å². The van der Waals surface area contributed by atoms with Crippen molar-refractivity contribution in [2.75, 3.05) is 6.61 Å². The van der Waals surface area contributed by atoms with Gasteiger partial charge in [-0.25, -0.2) is 9.59 Å². The molecular weight excluding hydrogens is 771 g/mol. The normalized spacial score (nSPS) is 16.2. The summed E-state index contributed by atoms with van der Waals surface area (Å²) >= 11 is 0. The largest absolute Gasteiger partial charge is 0.459 e. The number of esters is 2. The van der Waals surface area contributed by atoms with E-state index in [4.69, 9.17) is 39.3 Å². The third-order valence-corrected chi connectivity index (χ3v) is 11.0. The minimum atomic E-state index is -0.833. The Kier molecular flexibility index (Phi) is 12.9. The summed E-state index contributed by atoms with van der Waals surface area (Å²) in [5, 5.41) is 4.08. The highest BCUT2D eigenvalue weighted by Gasteiger charge is 2.40. The third kappa shape index (κ3) is 9.10. The van der Waals surface area contributed by atoms with Gasteiger partial charge >= 0.3 is 11.9 Å². The van der Waals surface area contributed by atoms with Crippen molar-refractivity contribution in [1.82, 2.24) is 0 Å². The van der Waals surface area contributed by atoms with Crippen molar-refractivity contribution in [1.29, 1.82) is 0 Å². The van der Waals surface area contributed by atoms with Gasteiger partial charge < -0.3 is 20.1 Å². The average molecular weight is 814 g/mol. The lowest BCUT2D eigenvalue weighted by molar-refractivity contribution is -0.0407. The molecule has 2 N–H and O–H groups in total. The standard InChI is InChI=1S/C54H43N3O5/c1-6-38-13-25-44(26-14-38)54(45-27-15-39(7-2)16-28-45,46-29-17-40(8-3)18-30-46)47-31-23-41(24-32-47)48(57-55)34-56-51-33-49(62-53(59)43-21-11-37(5)12-22-43)50(61-51)35-60-52(58)42-19-9-36(4)10-20-42/h1-3,9-32,34,49-51H,33,35,55H2,4-5H3/t49?,50-,51-/m1/s1. The quantitative estimate of drug-likeness (QED) is 0.0331. The number of aliphatic imine (C=N–C) groups is 1. The van der Waals surface area contributed by atoms with Crippen LogP contribution < -0.4 is 5.84 Å². The van der Waals surface area contributed by atoms with Gasteiger partial charge in [0.2, 0.25) is 0 Å². The van der Waals surface area contributed by atoms with Gasteiger partial charge in [0, 0.05) is 28.7 Å². The molecule has 0 spiro atoms. The first kappa shape index (κ1) is 42.2. The second-order valence-electron chi connectivity index (χ2n) is 14.9. The van der Waals surface area contributed by atoms with Gasteiger partial charge in [0.05, 0.1) is 22.8 Å². The predicted molar refractivity (Wildman–Crippen MR) is 243 cm³/mol. The van der Waals surface area contributed by atoms with Crippen molar-refractivity contribution in [3.8, 4) is 37.0 Å². The number of carbonyl (C=O) groups excluding carboxylic acids is 2. The number of hydrogen-bond donors (Lipinski definition) is 1. The molecule has 3 atom stereocenters. The fourth-order valence-electron chi connectivity index (χ4n) is 7.56. The van der Waals surface area contributed by atoms with E-state index in [9.17, 15) is 9.59 Å². The molecule has 1 fully saturated rings. The maximum Gasteiger partial charge on any atom is 0.338 e. The van der Waals surface area contributed by atoms with E-state index in [-0.39, 0.29) is 13.0 Å². The summed E-state index contributed by atoms with van der Waals surface area (Å²) in [5.41, 5.74) is 9.14. The Morgan fingerprint density at radius 2 is 1.05 bits per heavy atom. The van der Waals surface area contributed by atoms with Gasteiger partial charge in [-0.05, 0) is 96.8 Å². The van der Waals surface area contributed by atoms with Crippen LogP contribution in [0, 0.1) is 50.9 Å². The van der Waals surface area contributed by atoms with E-state index >= 15 is 0 Å². The summed E-state index contributed by atoms with van der Waals surface area (Å²) in [7, 11) is 0. The van der Waals surface area contributed by atoms with E-state index < -0.39 is 35.8 Å². The minimum absolute atomic E-state index is 0.159. The number of hydrogen-bond acceptors (Lipinski definition) is 8. The van der Waals surface area contributed by atoms with Crippen LogP contribution in [-0.4, -0.2) is 48.9 Å². The molecule has 0 amide bonds. The molecule has 0 aliphatic carbocycles. The second kappa shape index (κ2) is 19.0. The zero-order chi connectivity index (χ0) is 43.6. The number of ether oxygens (including phenoxy) is 3. The molecule has 0 saturated carbocycles. The summed E-state index contributed by atoms with van der Waals surface area (Å²) in [4.78, 5) is 30.8. The first-order valence-corrected chi connectivity index (χ1v) is 20.0. The summed E-state index contributed by atoms with van der Waals surface area (Å²) in [6.07, 6.45) is 16.7. The summed E-state index contributed by atoms with van der Waals surface area (Å²) in [5.74, 6) is 13.1. The molecule has 1 heterocycles. The number of nitrogens with two attached hydrogens (primary N) is 1. The molecule has 6 aromatic rings. The van der Waals surface area contributed by atoms with Crippen LogP contribution in [0.25, 0.3) is 0 Å². The number of carbonyl (C=O) groups is 2. The minimum Gasteiger partial charge on any atom is -0.459 e. The molecule has 7 rings (SSSR count). The van der Waals surface area contributed by atoms with Crippen LogP contribution in [0.1, 0.15) is 82.8 Å². The molecule has 8 heteroatoms. The molecular formula is C54H43N3O5. The monoisotopic (exact) mass is 813 g/mol. The number of terminal acetylenes is 3. The Bertz CT molecular complexity index is 2590. The third-order valence-electron chi connectivity index (χ3n) is 11.0. The molecule has 1 unspecified atom stereocenters. The number of nitrogens with zero attached hydrogens (tertiary/aromatic N) is 2. The van der Waals surface area contributed by atoms with Gasteiger partial charge in [-0.1, -0.05) is 114 Å². The highest BCUT2D eigenvalue weighted by molar-refractivity contribution is 6.38. The second-order valence-corrected chi connectivity index (χ2v) is 14.9. The Balaban J connectivity index is 1.18. The lowest BCUT2D eigenvalue weighted by Crippen LogP contribution is -2.32. The van der Waals surface area contributed by atoms with Crippen LogP contribution in [0.4, 0.5) is 0 Å². The van der Waals surface area contributed by atoms with Gasteiger partial charge in [0.1, 0.15) is 24.5 Å². The van der Waals surface area contributed by atoms with Crippen LogP contribution in [0.3, 0.4) is 0 Å². The van der Waals surface area contributed by atoms with E-state index in [2.05, 4.69) is 27.9 Å². The molecule has 62 heavy (non-hydrogen) atoms. The van der Waals surface area contributed by atoms with Crippen molar-refractivity contribution >= 4 is 23.9 Å². The Labute approximate surface area is 362 Å². The van der Waals surface area contributed by atoms with Gasteiger partial charge in [0.15, 0.2) is 6.23 Å². The number of hydrazone groups is 1. The Morgan fingerprint density at radius 1 is 0.645 bits per heavy atom. The lowest BCUT2D eigenvalue weighted by Gasteiger charge is -2.37. The van der Waals surface area contributed by atoms with Crippen molar-refractivity contribution in [2.24, 2.45) is 15.9 Å². The van der Waals surface area contributed by atoms with Crippen LogP contribution in [-0.2, 0) is 19.6 Å². The molecule has 0 aromatic heterocycles. The van der Waals surface area contributed by atoms with Crippen LogP contribution in [0.2, 0.25) is 0 Å². The molecule has 1 aliphatic heterocycles. The molecule has 8 nitrogen and oxygen atoms in total. The number of benzene rings is 6. The Morgan fingerprint density at radius 3 is 1.47 bits per heavy atom. The summed E-state index contributed by atoms with van der Waals surface area (Å²) in [6.45, 7) is 3.71. The predicted octanol–water partition coefficient (Wildman–Crippen LogP) is 8.56. The van der Waals surface area contributed by atoms with E-state index in [0.717, 1.165) is 50.1 Å². The maximum atomic E-state index is 13.2. The van der Waals surface area contributed by atoms with Crippen molar-refractivity contribution in [3.05, 3.63) is 212 Å². The fraction of sp³-hybridized carbons (Fsp3) is 0.148. The maximum absolute atomic E-state index is 13.2. The van der Waals surface area contributed by atoms with E-state index in [1.54, 1.807) is 24.3 Å². The summed E-state index contributed by atoms with van der Waals surface area (Å²) < 4.78 is 17.8. The average Bonchev–Trinajstić information content (AvgIpc) is 3.70. The number of rotatable bonds is 12. The zero-order valence-corrected chi connectivity index (χ0v) is 34.3.